The van der Waals surface area contributed by atoms with Crippen LogP contribution in [0.5, 0.6) is 0 Å². The summed E-state index contributed by atoms with van der Waals surface area (Å²) in [6.45, 7) is 7.53. The van der Waals surface area contributed by atoms with Crippen LogP contribution in [0.3, 0.4) is 0 Å². The van der Waals surface area contributed by atoms with Crippen molar-refractivity contribution >= 4 is 22.5 Å². The number of H-pyrrole nitrogens is 1. The number of ketones is 1. The molecular formula is C21H24N4O. The molecule has 1 N–H and O–H groups in total. The third kappa shape index (κ3) is 2.99. The van der Waals surface area contributed by atoms with E-state index in [0.717, 1.165) is 54.2 Å². The van der Waals surface area contributed by atoms with Gasteiger partial charge < -0.3 is 9.88 Å². The van der Waals surface area contributed by atoms with E-state index in [4.69, 9.17) is 0 Å². The number of pyridine rings is 1. The number of aromatic amines is 1. The van der Waals surface area contributed by atoms with Crippen LogP contribution in [0, 0.1) is 6.92 Å². The van der Waals surface area contributed by atoms with E-state index in [2.05, 4.69) is 19.8 Å². The van der Waals surface area contributed by atoms with E-state index in [0.29, 0.717) is 0 Å². The van der Waals surface area contributed by atoms with Crippen LogP contribution in [0.2, 0.25) is 0 Å². The van der Waals surface area contributed by atoms with Crippen molar-refractivity contribution in [3.05, 3.63) is 59.9 Å². The molecular weight excluding hydrogens is 324 g/mol. The number of carbonyl (C=O) groups excluding carboxylic acids is 1. The second-order valence-electron chi connectivity index (χ2n) is 6.92. The van der Waals surface area contributed by atoms with Gasteiger partial charge in [-0.05, 0) is 32.0 Å². The van der Waals surface area contributed by atoms with Gasteiger partial charge in [-0.2, -0.15) is 0 Å². The molecule has 4 rings (SSSR count). The summed E-state index contributed by atoms with van der Waals surface area (Å²) in [4.78, 5) is 25.5. The normalized spacial score (nSPS) is 16.8. The van der Waals surface area contributed by atoms with Gasteiger partial charge in [-0.15, -0.1) is 0 Å². The zero-order valence-corrected chi connectivity index (χ0v) is 15.3. The summed E-state index contributed by atoms with van der Waals surface area (Å²) in [7, 11) is 0. The molecule has 0 amide bonds. The molecule has 1 aromatic carbocycles. The fourth-order valence-corrected chi connectivity index (χ4v) is 3.85. The molecule has 0 aliphatic carbocycles. The summed E-state index contributed by atoms with van der Waals surface area (Å²) >= 11 is 0. The highest BCUT2D eigenvalue weighted by atomic mass is 16.1. The van der Waals surface area contributed by atoms with Crippen LogP contribution >= 0.6 is 0 Å². The van der Waals surface area contributed by atoms with Crippen molar-refractivity contribution in [2.75, 3.05) is 31.1 Å². The Morgan fingerprint density at radius 3 is 2.54 bits per heavy atom. The molecule has 3 aromatic rings. The van der Waals surface area contributed by atoms with Crippen LogP contribution in [-0.4, -0.2) is 52.9 Å². The van der Waals surface area contributed by atoms with E-state index in [1.54, 1.807) is 0 Å². The number of aromatic nitrogens is 2. The van der Waals surface area contributed by atoms with Gasteiger partial charge in [0.25, 0.3) is 0 Å². The van der Waals surface area contributed by atoms with Gasteiger partial charge in [0.2, 0.25) is 0 Å². The van der Waals surface area contributed by atoms with Gasteiger partial charge in [0.15, 0.2) is 5.78 Å². The Kier molecular flexibility index (Phi) is 4.47. The van der Waals surface area contributed by atoms with Crippen molar-refractivity contribution in [3.63, 3.8) is 0 Å². The number of Topliss-reactive ketones (excluding diaryl/α,β-unsaturated/α-hetero) is 1. The first kappa shape index (κ1) is 16.8. The van der Waals surface area contributed by atoms with Crippen LogP contribution in [0.4, 0.5) is 5.82 Å². The minimum Gasteiger partial charge on any atom is -0.358 e. The largest absolute Gasteiger partial charge is 0.358 e. The molecule has 0 saturated carbocycles. The third-order valence-corrected chi connectivity index (χ3v) is 5.35. The minimum absolute atomic E-state index is 0.126. The van der Waals surface area contributed by atoms with Crippen LogP contribution in [0.25, 0.3) is 10.9 Å². The lowest BCUT2D eigenvalue weighted by molar-refractivity contribution is 0.0831. The Bertz CT molecular complexity index is 910. The molecule has 1 aliphatic rings. The molecule has 26 heavy (non-hydrogen) atoms. The molecule has 5 nitrogen and oxygen atoms in total. The Morgan fingerprint density at radius 1 is 1.08 bits per heavy atom. The van der Waals surface area contributed by atoms with Crippen molar-refractivity contribution in [3.8, 4) is 0 Å². The lowest BCUT2D eigenvalue weighted by atomic mass is 10.0. The van der Waals surface area contributed by atoms with Crippen molar-refractivity contribution < 1.29 is 4.79 Å². The van der Waals surface area contributed by atoms with Gasteiger partial charge in [0, 0.05) is 54.5 Å². The number of benzene rings is 1. The fourth-order valence-electron chi connectivity index (χ4n) is 3.85. The summed E-state index contributed by atoms with van der Waals surface area (Å²) in [6.07, 6.45) is 1.83. The summed E-state index contributed by atoms with van der Waals surface area (Å²) in [5.74, 6) is 1.21. The van der Waals surface area contributed by atoms with Gasteiger partial charge in [-0.3, -0.25) is 9.69 Å². The van der Waals surface area contributed by atoms with Crippen molar-refractivity contribution in [2.45, 2.75) is 19.9 Å². The molecule has 1 fully saturated rings. The van der Waals surface area contributed by atoms with Gasteiger partial charge in [0.1, 0.15) is 5.82 Å². The third-order valence-electron chi connectivity index (χ3n) is 5.35. The maximum atomic E-state index is 13.2. The number of aryl methyl sites for hydroxylation is 1. The standard InChI is InChI=1S/C21H24N4O/c1-15-20(17-7-3-4-8-18(17)23-15)21(26)16(2)24-11-13-25(14-12-24)19-9-5-6-10-22-19/h3-10,16,23H,11-14H2,1-2H3/t16-/m1/s1. The first-order valence-corrected chi connectivity index (χ1v) is 9.16. The molecule has 2 aromatic heterocycles. The number of fused-ring (bicyclic) bond motifs is 1. The number of nitrogens with zero attached hydrogens (tertiary/aromatic N) is 3. The first-order chi connectivity index (χ1) is 12.6. The number of anilines is 1. The van der Waals surface area contributed by atoms with E-state index in [1.807, 2.05) is 62.5 Å². The second-order valence-corrected chi connectivity index (χ2v) is 6.92. The predicted octanol–water partition coefficient (Wildman–Crippen LogP) is 3.26. The Balaban J connectivity index is 1.49. The Morgan fingerprint density at radius 2 is 1.81 bits per heavy atom. The molecule has 5 heteroatoms. The van der Waals surface area contributed by atoms with E-state index < -0.39 is 0 Å². The van der Waals surface area contributed by atoms with Gasteiger partial charge in [-0.1, -0.05) is 24.3 Å². The topological polar surface area (TPSA) is 52.2 Å². The van der Waals surface area contributed by atoms with Crippen molar-refractivity contribution in [1.82, 2.24) is 14.9 Å². The van der Waals surface area contributed by atoms with Crippen LogP contribution in [0.1, 0.15) is 23.0 Å². The summed E-state index contributed by atoms with van der Waals surface area (Å²) < 4.78 is 0. The van der Waals surface area contributed by atoms with Gasteiger partial charge in [0.05, 0.1) is 6.04 Å². The summed E-state index contributed by atoms with van der Waals surface area (Å²) in [6, 6.07) is 13.9. The molecule has 1 saturated heterocycles. The SMILES string of the molecule is Cc1[nH]c2ccccc2c1C(=O)[C@@H](C)N1CCN(c2ccccn2)CC1. The number of hydrogen-bond donors (Lipinski definition) is 1. The quantitative estimate of drug-likeness (QED) is 0.735. The molecule has 1 aliphatic heterocycles. The van der Waals surface area contributed by atoms with Crippen LogP contribution in [-0.2, 0) is 0 Å². The summed E-state index contributed by atoms with van der Waals surface area (Å²) in [5, 5.41) is 1.02. The predicted molar refractivity (Wildman–Crippen MR) is 105 cm³/mol. The first-order valence-electron chi connectivity index (χ1n) is 9.16. The highest BCUT2D eigenvalue weighted by Crippen LogP contribution is 2.25. The molecule has 3 heterocycles. The lowest BCUT2D eigenvalue weighted by Gasteiger charge is -2.38. The van der Waals surface area contributed by atoms with Gasteiger partial charge in [-0.25, -0.2) is 4.98 Å². The molecule has 0 bridgehead atoms. The Hall–Kier alpha value is -2.66. The lowest BCUT2D eigenvalue weighted by Crippen LogP contribution is -2.52. The number of rotatable bonds is 4. The van der Waals surface area contributed by atoms with Crippen molar-refractivity contribution in [1.29, 1.82) is 0 Å². The fraction of sp³-hybridized carbons (Fsp3) is 0.333. The number of carbonyl (C=O) groups is 1. The van der Waals surface area contributed by atoms with E-state index in [-0.39, 0.29) is 11.8 Å². The highest BCUT2D eigenvalue weighted by Gasteiger charge is 2.29. The average Bonchev–Trinajstić information content (AvgIpc) is 3.03. The number of nitrogens with one attached hydrogen (secondary N) is 1. The number of para-hydroxylation sites is 1. The van der Waals surface area contributed by atoms with Crippen LogP contribution in [0.15, 0.2) is 48.7 Å². The molecule has 0 radical (unpaired) electrons. The monoisotopic (exact) mass is 348 g/mol. The zero-order valence-electron chi connectivity index (χ0n) is 15.3. The zero-order chi connectivity index (χ0) is 18.1. The number of hydrogen-bond acceptors (Lipinski definition) is 4. The van der Waals surface area contributed by atoms with Crippen molar-refractivity contribution in [2.24, 2.45) is 0 Å². The number of piperazine rings is 1. The van der Waals surface area contributed by atoms with Crippen LogP contribution < -0.4 is 4.90 Å². The van der Waals surface area contributed by atoms with E-state index in [1.165, 1.54) is 0 Å². The Labute approximate surface area is 153 Å². The molecule has 0 unspecified atom stereocenters. The second kappa shape index (κ2) is 6.92. The maximum Gasteiger partial charge on any atom is 0.182 e. The average molecular weight is 348 g/mol. The maximum absolute atomic E-state index is 13.2. The smallest absolute Gasteiger partial charge is 0.182 e. The highest BCUT2D eigenvalue weighted by molar-refractivity contribution is 6.11. The molecule has 1 atom stereocenters. The van der Waals surface area contributed by atoms with Gasteiger partial charge >= 0.3 is 0 Å². The summed E-state index contributed by atoms with van der Waals surface area (Å²) in [5.41, 5.74) is 2.82. The van der Waals surface area contributed by atoms with E-state index in [9.17, 15) is 4.79 Å². The molecule has 134 valence electrons. The minimum atomic E-state index is -0.126. The van der Waals surface area contributed by atoms with E-state index >= 15 is 0 Å². The molecule has 0 spiro atoms.